The summed E-state index contributed by atoms with van der Waals surface area (Å²) in [5.74, 6) is -0.487. The number of amides is 1. The first-order valence-electron chi connectivity index (χ1n) is 8.51. The van der Waals surface area contributed by atoms with Gasteiger partial charge >= 0.3 is 5.97 Å². The lowest BCUT2D eigenvalue weighted by Gasteiger charge is -2.20. The van der Waals surface area contributed by atoms with E-state index in [1.54, 1.807) is 0 Å². The second-order valence-corrected chi connectivity index (χ2v) is 7.00. The molecular weight excluding hydrogens is 352 g/mol. The fourth-order valence-corrected chi connectivity index (χ4v) is 2.69. The van der Waals surface area contributed by atoms with Crippen LogP contribution in [0.25, 0.3) is 0 Å². The third-order valence-corrected chi connectivity index (χ3v) is 4.16. The van der Waals surface area contributed by atoms with E-state index in [1.807, 2.05) is 18.2 Å². The Labute approximate surface area is 158 Å². The van der Waals surface area contributed by atoms with Gasteiger partial charge in [0.1, 0.15) is 5.15 Å². The molecule has 2 aromatic rings. The molecule has 0 bridgehead atoms. The molecule has 0 saturated heterocycles. The minimum Gasteiger partial charge on any atom is -0.452 e. The summed E-state index contributed by atoms with van der Waals surface area (Å²) in [6, 6.07) is 8.98. The number of ether oxygens (including phenoxy) is 1. The molecule has 1 N–H and O–H groups in total. The maximum atomic E-state index is 12.3. The monoisotopic (exact) mass is 374 g/mol. The average molecular weight is 375 g/mol. The summed E-state index contributed by atoms with van der Waals surface area (Å²) in [7, 11) is 0. The van der Waals surface area contributed by atoms with Crippen LogP contribution in [0.1, 0.15) is 61.0 Å². The lowest BCUT2D eigenvalue weighted by molar-refractivity contribution is -0.119. The number of carbonyl (C=O) groups excluding carboxylic acids is 2. The molecule has 0 aliphatic carbocycles. The van der Waals surface area contributed by atoms with E-state index in [9.17, 15) is 9.59 Å². The van der Waals surface area contributed by atoms with E-state index < -0.39 is 5.97 Å². The van der Waals surface area contributed by atoms with Gasteiger partial charge < -0.3 is 10.1 Å². The van der Waals surface area contributed by atoms with Crippen molar-refractivity contribution in [1.82, 2.24) is 4.98 Å². The van der Waals surface area contributed by atoms with E-state index in [4.69, 9.17) is 16.3 Å². The van der Waals surface area contributed by atoms with Gasteiger partial charge in [-0.1, -0.05) is 57.5 Å². The van der Waals surface area contributed by atoms with E-state index in [1.165, 1.54) is 18.3 Å². The van der Waals surface area contributed by atoms with Crippen LogP contribution in [-0.2, 0) is 9.53 Å². The number of pyridine rings is 1. The number of aromatic nitrogens is 1. The fraction of sp³-hybridized carbons (Fsp3) is 0.350. The van der Waals surface area contributed by atoms with Gasteiger partial charge in [0.25, 0.3) is 5.91 Å². The molecule has 138 valence electrons. The second kappa shape index (κ2) is 8.81. The number of nitrogens with zero attached hydrogens (tertiary/aromatic N) is 1. The molecule has 0 saturated carbocycles. The van der Waals surface area contributed by atoms with Crippen LogP contribution in [-0.4, -0.2) is 23.5 Å². The van der Waals surface area contributed by atoms with Gasteiger partial charge in [-0.3, -0.25) is 4.79 Å². The third kappa shape index (κ3) is 5.05. The average Bonchev–Trinajstić information content (AvgIpc) is 2.60. The van der Waals surface area contributed by atoms with Gasteiger partial charge in [-0.05, 0) is 35.1 Å². The molecule has 2 rings (SSSR count). The van der Waals surface area contributed by atoms with Crippen LogP contribution >= 0.6 is 11.6 Å². The Kier molecular flexibility index (Phi) is 6.75. The summed E-state index contributed by atoms with van der Waals surface area (Å²) in [6.45, 7) is 7.92. The predicted octanol–water partition coefficient (Wildman–Crippen LogP) is 4.78. The molecule has 1 amide bonds. The molecule has 0 atom stereocenters. The van der Waals surface area contributed by atoms with E-state index >= 15 is 0 Å². The Bertz CT molecular complexity index is 760. The van der Waals surface area contributed by atoms with E-state index in [0.29, 0.717) is 0 Å². The van der Waals surface area contributed by atoms with Gasteiger partial charge in [0.15, 0.2) is 6.61 Å². The maximum Gasteiger partial charge on any atom is 0.340 e. The smallest absolute Gasteiger partial charge is 0.340 e. The van der Waals surface area contributed by atoms with E-state index in [2.05, 4.69) is 38.0 Å². The van der Waals surface area contributed by atoms with Crippen LogP contribution in [0.15, 0.2) is 36.5 Å². The SMILES string of the molecule is CC(C)c1cccc(C(C)C)c1NC(=O)COC(=O)c1ccc(Cl)nc1. The van der Waals surface area contributed by atoms with Crippen LogP contribution < -0.4 is 5.32 Å². The van der Waals surface area contributed by atoms with Crippen molar-refractivity contribution < 1.29 is 14.3 Å². The van der Waals surface area contributed by atoms with Crippen molar-refractivity contribution in [2.75, 3.05) is 11.9 Å². The Morgan fingerprint density at radius 3 is 2.19 bits per heavy atom. The summed E-state index contributed by atoms with van der Waals surface area (Å²) >= 11 is 5.69. The number of nitrogens with one attached hydrogen (secondary N) is 1. The first-order chi connectivity index (χ1) is 12.3. The molecule has 1 heterocycles. The number of rotatable bonds is 6. The Hall–Kier alpha value is -2.40. The Morgan fingerprint density at radius 2 is 1.69 bits per heavy atom. The van der Waals surface area contributed by atoms with Gasteiger partial charge in [-0.15, -0.1) is 0 Å². The number of hydrogen-bond acceptors (Lipinski definition) is 4. The Balaban J connectivity index is 2.08. The van der Waals surface area contributed by atoms with Gasteiger partial charge in [-0.2, -0.15) is 0 Å². The summed E-state index contributed by atoms with van der Waals surface area (Å²) < 4.78 is 5.07. The highest BCUT2D eigenvalue weighted by Crippen LogP contribution is 2.32. The molecule has 0 radical (unpaired) electrons. The zero-order chi connectivity index (χ0) is 19.3. The minimum absolute atomic E-state index is 0.243. The summed E-state index contributed by atoms with van der Waals surface area (Å²) in [5, 5.41) is 3.19. The zero-order valence-electron chi connectivity index (χ0n) is 15.4. The van der Waals surface area contributed by atoms with Crippen LogP contribution in [0.5, 0.6) is 0 Å². The molecule has 0 aliphatic rings. The van der Waals surface area contributed by atoms with E-state index in [-0.39, 0.29) is 35.1 Å². The van der Waals surface area contributed by atoms with Crippen molar-refractivity contribution >= 4 is 29.2 Å². The number of benzene rings is 1. The van der Waals surface area contributed by atoms with E-state index in [0.717, 1.165) is 16.8 Å². The normalized spacial score (nSPS) is 10.9. The van der Waals surface area contributed by atoms with Crippen LogP contribution in [0.4, 0.5) is 5.69 Å². The molecule has 0 spiro atoms. The topological polar surface area (TPSA) is 68.3 Å². The predicted molar refractivity (Wildman–Crippen MR) is 103 cm³/mol. The van der Waals surface area contributed by atoms with Gasteiger partial charge in [0, 0.05) is 11.9 Å². The van der Waals surface area contributed by atoms with Crippen molar-refractivity contribution in [2.24, 2.45) is 0 Å². The maximum absolute atomic E-state index is 12.3. The van der Waals surface area contributed by atoms with Crippen molar-refractivity contribution in [3.8, 4) is 0 Å². The molecule has 1 aromatic carbocycles. The Morgan fingerprint density at radius 1 is 1.08 bits per heavy atom. The third-order valence-electron chi connectivity index (χ3n) is 3.93. The van der Waals surface area contributed by atoms with Crippen molar-refractivity contribution in [2.45, 2.75) is 39.5 Å². The van der Waals surface area contributed by atoms with Gasteiger partial charge in [-0.25, -0.2) is 9.78 Å². The van der Waals surface area contributed by atoms with Gasteiger partial charge in [0.05, 0.1) is 5.56 Å². The highest BCUT2D eigenvalue weighted by molar-refractivity contribution is 6.29. The van der Waals surface area contributed by atoms with Crippen LogP contribution in [0, 0.1) is 0 Å². The number of carbonyl (C=O) groups is 2. The molecule has 26 heavy (non-hydrogen) atoms. The molecule has 0 fully saturated rings. The summed E-state index contributed by atoms with van der Waals surface area (Å²) in [5.41, 5.74) is 3.15. The number of esters is 1. The summed E-state index contributed by atoms with van der Waals surface area (Å²) in [6.07, 6.45) is 1.31. The lowest BCUT2D eigenvalue weighted by Crippen LogP contribution is -2.22. The van der Waals surface area contributed by atoms with Crippen LogP contribution in [0.2, 0.25) is 5.15 Å². The van der Waals surface area contributed by atoms with Crippen molar-refractivity contribution in [3.05, 3.63) is 58.4 Å². The molecule has 6 heteroatoms. The first kappa shape index (κ1) is 19.9. The summed E-state index contributed by atoms with van der Waals surface area (Å²) in [4.78, 5) is 28.1. The van der Waals surface area contributed by atoms with Crippen molar-refractivity contribution in [1.29, 1.82) is 0 Å². The lowest BCUT2D eigenvalue weighted by atomic mass is 9.92. The molecule has 0 aliphatic heterocycles. The highest BCUT2D eigenvalue weighted by Gasteiger charge is 2.17. The fourth-order valence-electron chi connectivity index (χ4n) is 2.58. The number of halogens is 1. The molecule has 1 aromatic heterocycles. The van der Waals surface area contributed by atoms with Gasteiger partial charge in [0.2, 0.25) is 0 Å². The number of anilines is 1. The van der Waals surface area contributed by atoms with Crippen LogP contribution in [0.3, 0.4) is 0 Å². The second-order valence-electron chi connectivity index (χ2n) is 6.61. The molecule has 0 unspecified atom stereocenters. The quantitative estimate of drug-likeness (QED) is 0.583. The minimum atomic E-state index is -0.620. The standard InChI is InChI=1S/C20H23ClN2O3/c1-12(2)15-6-5-7-16(13(3)4)19(15)23-18(24)11-26-20(25)14-8-9-17(21)22-10-14/h5-10,12-13H,11H2,1-4H3,(H,23,24). The number of para-hydroxylation sites is 1. The van der Waals surface area contributed by atoms with Crippen molar-refractivity contribution in [3.63, 3.8) is 0 Å². The molecular formula is C20H23ClN2O3. The largest absolute Gasteiger partial charge is 0.452 e. The number of hydrogen-bond donors (Lipinski definition) is 1. The highest BCUT2D eigenvalue weighted by atomic mass is 35.5. The zero-order valence-corrected chi connectivity index (χ0v) is 16.1. The molecule has 5 nitrogen and oxygen atoms in total. The first-order valence-corrected chi connectivity index (χ1v) is 8.88.